The molecule has 122 valence electrons. The van der Waals surface area contributed by atoms with Gasteiger partial charge in [-0.1, -0.05) is 0 Å². The largest absolute Gasteiger partial charge is 0.392 e. The fourth-order valence-electron chi connectivity index (χ4n) is 3.22. The molecule has 1 amide bonds. The van der Waals surface area contributed by atoms with Gasteiger partial charge < -0.3 is 14.7 Å². The summed E-state index contributed by atoms with van der Waals surface area (Å²) in [5.74, 6) is 0.183. The van der Waals surface area contributed by atoms with Gasteiger partial charge >= 0.3 is 0 Å². The van der Waals surface area contributed by atoms with Gasteiger partial charge in [-0.15, -0.1) is 11.3 Å². The number of fused-ring (bicyclic) bond motifs is 1. The van der Waals surface area contributed by atoms with Crippen molar-refractivity contribution in [2.45, 2.75) is 32.0 Å². The van der Waals surface area contributed by atoms with Crippen LogP contribution in [-0.4, -0.2) is 66.2 Å². The SMILES string of the molecule is CC(O)CN1CCN(C(=O)CC2OCCc3ccsc32)CC1. The van der Waals surface area contributed by atoms with E-state index in [9.17, 15) is 9.90 Å². The molecule has 5 nitrogen and oxygen atoms in total. The summed E-state index contributed by atoms with van der Waals surface area (Å²) in [5.41, 5.74) is 1.34. The van der Waals surface area contributed by atoms with Crippen molar-refractivity contribution in [3.8, 4) is 0 Å². The third kappa shape index (κ3) is 3.68. The van der Waals surface area contributed by atoms with Gasteiger partial charge in [0.2, 0.25) is 5.91 Å². The molecule has 0 radical (unpaired) electrons. The Labute approximate surface area is 135 Å². The van der Waals surface area contributed by atoms with Crippen LogP contribution in [0.3, 0.4) is 0 Å². The second-order valence-corrected chi connectivity index (χ2v) is 7.10. The molecule has 2 aliphatic heterocycles. The molecule has 1 aromatic rings. The third-order valence-electron chi connectivity index (χ3n) is 4.37. The molecule has 1 saturated heterocycles. The molecule has 3 heterocycles. The van der Waals surface area contributed by atoms with Gasteiger partial charge in [0, 0.05) is 37.6 Å². The summed E-state index contributed by atoms with van der Waals surface area (Å²) < 4.78 is 5.82. The lowest BCUT2D eigenvalue weighted by molar-refractivity contribution is -0.136. The number of nitrogens with zero attached hydrogens (tertiary/aromatic N) is 2. The molecule has 3 rings (SSSR count). The Kier molecular flexibility index (Phi) is 5.13. The molecule has 2 unspecified atom stereocenters. The van der Waals surface area contributed by atoms with Crippen LogP contribution >= 0.6 is 11.3 Å². The van der Waals surface area contributed by atoms with Crippen molar-refractivity contribution in [2.24, 2.45) is 0 Å². The quantitative estimate of drug-likeness (QED) is 0.906. The van der Waals surface area contributed by atoms with Gasteiger partial charge in [0.25, 0.3) is 0 Å². The summed E-state index contributed by atoms with van der Waals surface area (Å²) >= 11 is 1.70. The Morgan fingerprint density at radius 3 is 2.95 bits per heavy atom. The maximum atomic E-state index is 12.5. The molecule has 0 aromatic carbocycles. The number of carbonyl (C=O) groups is 1. The van der Waals surface area contributed by atoms with Crippen molar-refractivity contribution in [1.29, 1.82) is 0 Å². The smallest absolute Gasteiger partial charge is 0.225 e. The van der Waals surface area contributed by atoms with E-state index in [0.717, 1.165) is 32.6 Å². The number of hydrogen-bond acceptors (Lipinski definition) is 5. The lowest BCUT2D eigenvalue weighted by Gasteiger charge is -2.36. The van der Waals surface area contributed by atoms with Crippen molar-refractivity contribution in [3.63, 3.8) is 0 Å². The van der Waals surface area contributed by atoms with Gasteiger partial charge in [0.1, 0.15) is 6.10 Å². The zero-order chi connectivity index (χ0) is 15.5. The molecule has 0 aliphatic carbocycles. The van der Waals surface area contributed by atoms with Crippen molar-refractivity contribution in [3.05, 3.63) is 21.9 Å². The van der Waals surface area contributed by atoms with Gasteiger partial charge in [-0.3, -0.25) is 9.69 Å². The molecule has 0 spiro atoms. The molecule has 6 heteroatoms. The van der Waals surface area contributed by atoms with Gasteiger partial charge in [-0.25, -0.2) is 0 Å². The molecular formula is C16H24N2O3S. The van der Waals surface area contributed by atoms with E-state index in [1.54, 1.807) is 18.3 Å². The van der Waals surface area contributed by atoms with Crippen LogP contribution in [0, 0.1) is 0 Å². The van der Waals surface area contributed by atoms with Gasteiger partial charge in [0.15, 0.2) is 0 Å². The zero-order valence-electron chi connectivity index (χ0n) is 13.0. The van der Waals surface area contributed by atoms with Crippen molar-refractivity contribution < 1.29 is 14.6 Å². The first-order valence-electron chi connectivity index (χ1n) is 7.99. The lowest BCUT2D eigenvalue weighted by Crippen LogP contribution is -2.50. The second-order valence-electron chi connectivity index (χ2n) is 6.15. The highest BCUT2D eigenvalue weighted by Crippen LogP contribution is 2.34. The molecule has 2 aliphatic rings. The lowest BCUT2D eigenvalue weighted by atomic mass is 10.0. The highest BCUT2D eigenvalue weighted by Gasteiger charge is 2.28. The van der Waals surface area contributed by atoms with Crippen LogP contribution in [0.2, 0.25) is 0 Å². The minimum absolute atomic E-state index is 0.0632. The standard InChI is InChI=1S/C16H24N2O3S/c1-12(19)11-17-4-6-18(7-5-17)15(20)10-14-16-13(2-8-21-14)3-9-22-16/h3,9,12,14,19H,2,4-8,10-11H2,1H3. The number of rotatable bonds is 4. The Morgan fingerprint density at radius 1 is 1.45 bits per heavy atom. The average molecular weight is 324 g/mol. The average Bonchev–Trinajstić information content (AvgIpc) is 2.97. The van der Waals surface area contributed by atoms with Crippen LogP contribution < -0.4 is 0 Å². The second kappa shape index (κ2) is 7.08. The first-order chi connectivity index (χ1) is 10.6. The maximum Gasteiger partial charge on any atom is 0.225 e. The number of piperazine rings is 1. The van der Waals surface area contributed by atoms with Crippen LogP contribution in [0.5, 0.6) is 0 Å². The summed E-state index contributed by atoms with van der Waals surface area (Å²) in [7, 11) is 0. The van der Waals surface area contributed by atoms with E-state index in [1.165, 1.54) is 10.4 Å². The molecule has 0 saturated carbocycles. The number of carbonyl (C=O) groups excluding carboxylic acids is 1. The number of thiophene rings is 1. The number of amides is 1. The number of ether oxygens (including phenoxy) is 1. The van der Waals surface area contributed by atoms with Crippen LogP contribution in [0.4, 0.5) is 0 Å². The predicted molar refractivity (Wildman–Crippen MR) is 86.0 cm³/mol. The van der Waals surface area contributed by atoms with Crippen LogP contribution in [0.25, 0.3) is 0 Å². The maximum absolute atomic E-state index is 12.5. The van der Waals surface area contributed by atoms with Gasteiger partial charge in [0.05, 0.1) is 19.1 Å². The topological polar surface area (TPSA) is 53.0 Å². The summed E-state index contributed by atoms with van der Waals surface area (Å²) in [5, 5.41) is 11.5. The molecule has 22 heavy (non-hydrogen) atoms. The number of hydrogen-bond donors (Lipinski definition) is 1. The zero-order valence-corrected chi connectivity index (χ0v) is 13.8. The molecular weight excluding hydrogens is 300 g/mol. The van der Waals surface area contributed by atoms with E-state index in [-0.39, 0.29) is 18.1 Å². The van der Waals surface area contributed by atoms with E-state index >= 15 is 0 Å². The van der Waals surface area contributed by atoms with Crippen LogP contribution in [0.1, 0.15) is 29.9 Å². The van der Waals surface area contributed by atoms with E-state index in [1.807, 2.05) is 4.90 Å². The normalized spacial score (nSPS) is 24.1. The number of aliphatic hydroxyl groups excluding tert-OH is 1. The summed E-state index contributed by atoms with van der Waals surface area (Å²) in [4.78, 5) is 17.9. The van der Waals surface area contributed by atoms with Crippen LogP contribution in [0.15, 0.2) is 11.4 Å². The predicted octanol–water partition coefficient (Wildman–Crippen LogP) is 1.28. The summed E-state index contributed by atoms with van der Waals surface area (Å²) in [6.07, 6.45) is 1.03. The minimum Gasteiger partial charge on any atom is -0.392 e. The van der Waals surface area contributed by atoms with Gasteiger partial charge in [-0.05, 0) is 30.4 Å². The number of aliphatic hydroxyl groups is 1. The van der Waals surface area contributed by atoms with E-state index in [0.29, 0.717) is 19.6 Å². The van der Waals surface area contributed by atoms with E-state index in [4.69, 9.17) is 4.74 Å². The Morgan fingerprint density at radius 2 is 2.23 bits per heavy atom. The highest BCUT2D eigenvalue weighted by atomic mass is 32.1. The molecule has 1 aromatic heterocycles. The number of β-amino-alcohol motifs (C(OH)–C–C–N with tert-alkyl or cyclic N) is 1. The molecule has 0 bridgehead atoms. The summed E-state index contributed by atoms with van der Waals surface area (Å²) in [6, 6.07) is 2.15. The first kappa shape index (κ1) is 15.9. The van der Waals surface area contributed by atoms with Crippen molar-refractivity contribution in [1.82, 2.24) is 9.80 Å². The van der Waals surface area contributed by atoms with Crippen LogP contribution in [-0.2, 0) is 16.0 Å². The Bertz CT molecular complexity index is 509. The first-order valence-corrected chi connectivity index (χ1v) is 8.87. The molecule has 2 atom stereocenters. The van der Waals surface area contributed by atoms with Crippen molar-refractivity contribution >= 4 is 17.2 Å². The fraction of sp³-hybridized carbons (Fsp3) is 0.688. The third-order valence-corrected chi connectivity index (χ3v) is 5.42. The van der Waals surface area contributed by atoms with E-state index < -0.39 is 0 Å². The highest BCUT2D eigenvalue weighted by molar-refractivity contribution is 7.10. The monoisotopic (exact) mass is 324 g/mol. The Hall–Kier alpha value is -0.950. The summed E-state index contributed by atoms with van der Waals surface area (Å²) in [6.45, 7) is 6.37. The van der Waals surface area contributed by atoms with E-state index in [2.05, 4.69) is 16.3 Å². The van der Waals surface area contributed by atoms with Gasteiger partial charge in [-0.2, -0.15) is 0 Å². The molecule has 1 N–H and O–H groups in total. The fourth-order valence-corrected chi connectivity index (χ4v) is 4.22. The molecule has 1 fully saturated rings. The Balaban J connectivity index is 1.52. The van der Waals surface area contributed by atoms with Crippen molar-refractivity contribution in [2.75, 3.05) is 39.3 Å². The minimum atomic E-state index is -0.310.